The Morgan fingerprint density at radius 1 is 1.40 bits per heavy atom. The summed E-state index contributed by atoms with van der Waals surface area (Å²) in [6.45, 7) is 3.71. The van der Waals surface area contributed by atoms with Crippen molar-refractivity contribution in [3.63, 3.8) is 0 Å². The van der Waals surface area contributed by atoms with Crippen molar-refractivity contribution >= 4 is 29.1 Å². The first kappa shape index (κ1) is 12.3. The summed E-state index contributed by atoms with van der Waals surface area (Å²) in [5.41, 5.74) is 0.0370. The number of hydrogen-bond acceptors (Lipinski definition) is 1. The molecule has 0 spiro atoms. The van der Waals surface area contributed by atoms with Crippen LogP contribution in [0.2, 0.25) is 5.02 Å². The third kappa shape index (κ3) is 3.40. The molecule has 0 atom stereocenters. The predicted molar refractivity (Wildman–Crippen MR) is 63.7 cm³/mol. The largest absolute Gasteiger partial charge is 0.346 e. The van der Waals surface area contributed by atoms with Crippen LogP contribution in [0.1, 0.15) is 24.2 Å². The van der Waals surface area contributed by atoms with Crippen molar-refractivity contribution in [1.29, 1.82) is 0 Å². The highest BCUT2D eigenvalue weighted by molar-refractivity contribution is 6.33. The van der Waals surface area contributed by atoms with Gasteiger partial charge in [0.05, 0.1) is 10.6 Å². The van der Waals surface area contributed by atoms with Gasteiger partial charge in [-0.05, 0) is 26.0 Å². The molecule has 0 bridgehead atoms. The fourth-order valence-corrected chi connectivity index (χ4v) is 1.34. The maximum Gasteiger partial charge on any atom is 0.253 e. The molecule has 15 heavy (non-hydrogen) atoms. The van der Waals surface area contributed by atoms with E-state index in [0.717, 1.165) is 0 Å². The van der Waals surface area contributed by atoms with Crippen molar-refractivity contribution in [2.75, 3.05) is 5.88 Å². The fourth-order valence-electron chi connectivity index (χ4n) is 1.05. The first-order valence-corrected chi connectivity index (χ1v) is 5.50. The molecule has 1 N–H and O–H groups in total. The molecular weight excluding hydrogens is 233 g/mol. The Bertz CT molecular complexity index is 363. The van der Waals surface area contributed by atoms with Gasteiger partial charge in [-0.15, -0.1) is 11.6 Å². The van der Waals surface area contributed by atoms with Crippen LogP contribution in [0.15, 0.2) is 24.3 Å². The number of benzene rings is 1. The second-order valence-electron chi connectivity index (χ2n) is 3.95. The van der Waals surface area contributed by atoms with Crippen LogP contribution in [-0.4, -0.2) is 17.3 Å². The van der Waals surface area contributed by atoms with Gasteiger partial charge in [0.15, 0.2) is 0 Å². The molecular formula is C11H13Cl2NO. The number of amides is 1. The van der Waals surface area contributed by atoms with Gasteiger partial charge in [0.2, 0.25) is 0 Å². The van der Waals surface area contributed by atoms with E-state index < -0.39 is 5.54 Å². The van der Waals surface area contributed by atoms with Crippen LogP contribution in [0, 0.1) is 0 Å². The summed E-state index contributed by atoms with van der Waals surface area (Å²) in [6, 6.07) is 6.92. The number of nitrogens with one attached hydrogen (secondary N) is 1. The van der Waals surface area contributed by atoms with E-state index >= 15 is 0 Å². The Morgan fingerprint density at radius 3 is 2.53 bits per heavy atom. The van der Waals surface area contributed by atoms with E-state index in [1.807, 2.05) is 13.8 Å². The zero-order valence-electron chi connectivity index (χ0n) is 8.68. The number of halogens is 2. The lowest BCUT2D eigenvalue weighted by atomic mass is 10.1. The molecule has 1 aromatic rings. The van der Waals surface area contributed by atoms with E-state index in [1.165, 1.54) is 0 Å². The molecule has 4 heteroatoms. The van der Waals surface area contributed by atoms with Gasteiger partial charge < -0.3 is 5.32 Å². The van der Waals surface area contributed by atoms with E-state index in [4.69, 9.17) is 23.2 Å². The van der Waals surface area contributed by atoms with E-state index in [1.54, 1.807) is 24.3 Å². The zero-order chi connectivity index (χ0) is 11.5. The smallest absolute Gasteiger partial charge is 0.253 e. The molecule has 0 saturated heterocycles. The van der Waals surface area contributed by atoms with Gasteiger partial charge in [-0.25, -0.2) is 0 Å². The molecule has 0 saturated carbocycles. The predicted octanol–water partition coefficient (Wildman–Crippen LogP) is 3.09. The van der Waals surface area contributed by atoms with Crippen molar-refractivity contribution in [1.82, 2.24) is 5.32 Å². The van der Waals surface area contributed by atoms with Crippen molar-refractivity contribution in [3.05, 3.63) is 34.9 Å². The molecule has 2 nitrogen and oxygen atoms in total. The van der Waals surface area contributed by atoms with Crippen molar-refractivity contribution < 1.29 is 4.79 Å². The minimum Gasteiger partial charge on any atom is -0.346 e. The van der Waals surface area contributed by atoms with Crippen LogP contribution in [0.3, 0.4) is 0 Å². The minimum absolute atomic E-state index is 0.203. The van der Waals surface area contributed by atoms with Gasteiger partial charge in [-0.2, -0.15) is 0 Å². The van der Waals surface area contributed by atoms with Crippen molar-refractivity contribution in [2.45, 2.75) is 19.4 Å². The van der Waals surface area contributed by atoms with Crippen molar-refractivity contribution in [3.8, 4) is 0 Å². The standard InChI is InChI=1S/C11H13Cl2NO/c1-11(2,7-12)14-10(15)8-5-3-4-6-9(8)13/h3-6H,7H2,1-2H3,(H,14,15). The summed E-state index contributed by atoms with van der Waals surface area (Å²) in [5.74, 6) is 0.148. The highest BCUT2D eigenvalue weighted by atomic mass is 35.5. The topological polar surface area (TPSA) is 29.1 Å². The van der Waals surface area contributed by atoms with E-state index in [2.05, 4.69) is 5.32 Å². The molecule has 0 aliphatic carbocycles. The Kier molecular flexibility index (Phi) is 4.00. The SMILES string of the molecule is CC(C)(CCl)NC(=O)c1ccccc1Cl. The highest BCUT2D eigenvalue weighted by Crippen LogP contribution is 2.16. The second-order valence-corrected chi connectivity index (χ2v) is 4.63. The third-order valence-corrected chi connectivity index (χ3v) is 2.90. The molecule has 0 aliphatic rings. The van der Waals surface area contributed by atoms with Gasteiger partial charge in [-0.1, -0.05) is 23.7 Å². The maximum atomic E-state index is 11.8. The van der Waals surface area contributed by atoms with E-state index in [9.17, 15) is 4.79 Å². The lowest BCUT2D eigenvalue weighted by Gasteiger charge is -2.23. The summed E-state index contributed by atoms with van der Waals surface area (Å²) in [4.78, 5) is 11.8. The lowest BCUT2D eigenvalue weighted by Crippen LogP contribution is -2.44. The van der Waals surface area contributed by atoms with Gasteiger partial charge in [0.1, 0.15) is 0 Å². The molecule has 1 aromatic carbocycles. The molecule has 82 valence electrons. The first-order valence-electron chi connectivity index (χ1n) is 4.59. The average Bonchev–Trinajstić information content (AvgIpc) is 2.17. The molecule has 0 radical (unpaired) electrons. The summed E-state index contributed by atoms with van der Waals surface area (Å²) >= 11 is 11.6. The summed E-state index contributed by atoms with van der Waals surface area (Å²) < 4.78 is 0. The Balaban J connectivity index is 2.83. The number of carbonyl (C=O) groups is 1. The van der Waals surface area contributed by atoms with E-state index in [0.29, 0.717) is 16.5 Å². The number of carbonyl (C=O) groups excluding carboxylic acids is 1. The van der Waals surface area contributed by atoms with Gasteiger partial charge in [0, 0.05) is 11.4 Å². The van der Waals surface area contributed by atoms with Crippen LogP contribution >= 0.6 is 23.2 Å². The molecule has 1 amide bonds. The summed E-state index contributed by atoms with van der Waals surface area (Å²) in [6.07, 6.45) is 0. The maximum absolute atomic E-state index is 11.8. The Morgan fingerprint density at radius 2 is 2.00 bits per heavy atom. The number of rotatable bonds is 3. The highest BCUT2D eigenvalue weighted by Gasteiger charge is 2.20. The minimum atomic E-state index is -0.433. The fraction of sp³-hybridized carbons (Fsp3) is 0.364. The first-order chi connectivity index (χ1) is 6.96. The van der Waals surface area contributed by atoms with Crippen LogP contribution < -0.4 is 5.32 Å². The molecule has 1 rings (SSSR count). The average molecular weight is 246 g/mol. The van der Waals surface area contributed by atoms with Crippen molar-refractivity contribution in [2.24, 2.45) is 0 Å². The molecule has 0 aromatic heterocycles. The van der Waals surface area contributed by atoms with Gasteiger partial charge in [-0.3, -0.25) is 4.79 Å². The summed E-state index contributed by atoms with van der Waals surface area (Å²) in [5, 5.41) is 3.25. The Hall–Kier alpha value is -0.730. The van der Waals surface area contributed by atoms with Crippen LogP contribution in [-0.2, 0) is 0 Å². The van der Waals surface area contributed by atoms with Gasteiger partial charge >= 0.3 is 0 Å². The quantitative estimate of drug-likeness (QED) is 0.816. The monoisotopic (exact) mass is 245 g/mol. The Labute approximate surface area is 99.6 Å². The van der Waals surface area contributed by atoms with E-state index in [-0.39, 0.29) is 5.91 Å². The molecule has 0 unspecified atom stereocenters. The van der Waals surface area contributed by atoms with Crippen LogP contribution in [0.4, 0.5) is 0 Å². The zero-order valence-corrected chi connectivity index (χ0v) is 10.2. The molecule has 0 fully saturated rings. The van der Waals surface area contributed by atoms with Crippen LogP contribution in [0.25, 0.3) is 0 Å². The normalized spacial score (nSPS) is 11.2. The number of hydrogen-bond donors (Lipinski definition) is 1. The number of alkyl halides is 1. The van der Waals surface area contributed by atoms with Gasteiger partial charge in [0.25, 0.3) is 5.91 Å². The lowest BCUT2D eigenvalue weighted by molar-refractivity contribution is 0.0920. The third-order valence-electron chi connectivity index (χ3n) is 1.90. The molecule has 0 heterocycles. The second kappa shape index (κ2) is 4.86. The molecule has 0 aliphatic heterocycles. The van der Waals surface area contributed by atoms with Crippen LogP contribution in [0.5, 0.6) is 0 Å². The summed E-state index contributed by atoms with van der Waals surface area (Å²) in [7, 11) is 0.